The summed E-state index contributed by atoms with van der Waals surface area (Å²) in [5, 5.41) is 3.63. The van der Waals surface area contributed by atoms with Gasteiger partial charge in [-0.05, 0) is 92.9 Å². The molecule has 1 aliphatic carbocycles. The molecule has 0 radical (unpaired) electrons. The van der Waals surface area contributed by atoms with Gasteiger partial charge in [-0.1, -0.05) is 72.5 Å². The van der Waals surface area contributed by atoms with Gasteiger partial charge in [0.05, 0.1) is 10.6 Å². The van der Waals surface area contributed by atoms with Crippen LogP contribution < -0.4 is 14.4 Å². The van der Waals surface area contributed by atoms with Gasteiger partial charge in [-0.25, -0.2) is 8.42 Å². The number of aryl methyl sites for hydroxylation is 1. The third-order valence-electron chi connectivity index (χ3n) is 8.13. The minimum absolute atomic E-state index is 0.0480. The van der Waals surface area contributed by atoms with Crippen molar-refractivity contribution in [3.8, 4) is 11.5 Å². The molecule has 4 aromatic carbocycles. The van der Waals surface area contributed by atoms with E-state index in [1.807, 2.05) is 37.3 Å². The highest BCUT2D eigenvalue weighted by Crippen LogP contribution is 2.29. The summed E-state index contributed by atoms with van der Waals surface area (Å²) in [6.07, 6.45) is 3.90. The SMILES string of the molecule is Cc1ccc(S(=O)(=O)N(CC(=O)N(Cc2ccc(Cl)cc2)C(C)C(=O)NC2CCCC2)c2ccc(Oc3ccccc3)cc2)cc1. The maximum absolute atomic E-state index is 14.2. The number of carbonyl (C=O) groups is 2. The standard InChI is InChI=1S/C36H38ClN3O5S/c1-26-12-22-34(23-13-26)46(43,44)40(31-18-20-33(21-19-31)45-32-10-4-3-5-11-32)25-35(41)39(24-28-14-16-29(37)17-15-28)27(2)36(42)38-30-8-6-7-9-30/h3-5,10-23,27,30H,6-9,24-25H2,1-2H3,(H,38,42). The van der Waals surface area contributed by atoms with Gasteiger partial charge >= 0.3 is 0 Å². The largest absolute Gasteiger partial charge is 0.457 e. The van der Waals surface area contributed by atoms with Crippen molar-refractivity contribution in [2.45, 2.75) is 63.1 Å². The number of hydrogen-bond donors (Lipinski definition) is 1. The summed E-state index contributed by atoms with van der Waals surface area (Å²) < 4.78 is 35.3. The molecular formula is C36H38ClN3O5S. The number of nitrogens with one attached hydrogen (secondary N) is 1. The molecule has 0 spiro atoms. The van der Waals surface area contributed by atoms with E-state index in [4.69, 9.17) is 16.3 Å². The number of carbonyl (C=O) groups excluding carboxylic acids is 2. The molecule has 10 heteroatoms. The molecule has 0 heterocycles. The molecule has 8 nitrogen and oxygen atoms in total. The molecule has 0 bridgehead atoms. The van der Waals surface area contributed by atoms with E-state index in [2.05, 4.69) is 5.32 Å². The fourth-order valence-corrected chi connectivity index (χ4v) is 6.97. The molecule has 1 N–H and O–H groups in total. The molecule has 1 unspecified atom stereocenters. The van der Waals surface area contributed by atoms with Gasteiger partial charge in [-0.3, -0.25) is 13.9 Å². The zero-order valence-corrected chi connectivity index (χ0v) is 27.5. The van der Waals surface area contributed by atoms with Crippen LogP contribution in [0.25, 0.3) is 0 Å². The number of amides is 2. The first-order valence-electron chi connectivity index (χ1n) is 15.4. The molecule has 240 valence electrons. The van der Waals surface area contributed by atoms with E-state index in [9.17, 15) is 18.0 Å². The van der Waals surface area contributed by atoms with Crippen molar-refractivity contribution in [1.82, 2.24) is 10.2 Å². The van der Waals surface area contributed by atoms with Gasteiger partial charge in [0, 0.05) is 17.6 Å². The quantitative estimate of drug-likeness (QED) is 0.175. The Kier molecular flexibility index (Phi) is 10.7. The molecule has 0 aromatic heterocycles. The fraction of sp³-hybridized carbons (Fsp3) is 0.278. The maximum Gasteiger partial charge on any atom is 0.264 e. The van der Waals surface area contributed by atoms with E-state index in [1.54, 1.807) is 67.6 Å². The van der Waals surface area contributed by atoms with E-state index >= 15 is 0 Å². The van der Waals surface area contributed by atoms with Gasteiger partial charge in [0.2, 0.25) is 11.8 Å². The second kappa shape index (κ2) is 14.8. The number of rotatable bonds is 12. The highest BCUT2D eigenvalue weighted by atomic mass is 35.5. The Bertz CT molecular complexity index is 1730. The summed E-state index contributed by atoms with van der Waals surface area (Å²) in [6.45, 7) is 3.11. The van der Waals surface area contributed by atoms with Crippen LogP contribution >= 0.6 is 11.6 Å². The van der Waals surface area contributed by atoms with E-state index < -0.39 is 28.5 Å². The van der Waals surface area contributed by atoms with Crippen LogP contribution in [0.4, 0.5) is 5.69 Å². The zero-order chi connectivity index (χ0) is 32.7. The molecule has 4 aromatic rings. The Hall–Kier alpha value is -4.34. The summed E-state index contributed by atoms with van der Waals surface area (Å²) in [6, 6.07) is 28.5. The van der Waals surface area contributed by atoms with Crippen molar-refractivity contribution in [3.63, 3.8) is 0 Å². The van der Waals surface area contributed by atoms with Gasteiger partial charge < -0.3 is 15.0 Å². The lowest BCUT2D eigenvalue weighted by atomic mass is 10.1. The van der Waals surface area contributed by atoms with Crippen molar-refractivity contribution in [2.24, 2.45) is 0 Å². The molecule has 1 fully saturated rings. The van der Waals surface area contributed by atoms with E-state index in [0.717, 1.165) is 41.1 Å². The molecule has 1 atom stereocenters. The summed E-state index contributed by atoms with van der Waals surface area (Å²) in [4.78, 5) is 29.1. The summed E-state index contributed by atoms with van der Waals surface area (Å²) in [5.41, 5.74) is 1.94. The summed E-state index contributed by atoms with van der Waals surface area (Å²) in [7, 11) is -4.19. The van der Waals surface area contributed by atoms with Crippen molar-refractivity contribution in [2.75, 3.05) is 10.8 Å². The van der Waals surface area contributed by atoms with Gasteiger partial charge in [0.15, 0.2) is 0 Å². The number of nitrogens with zero attached hydrogens (tertiary/aromatic N) is 2. The molecule has 0 saturated heterocycles. The molecule has 5 rings (SSSR count). The van der Waals surface area contributed by atoms with Crippen LogP contribution in [0.5, 0.6) is 11.5 Å². The van der Waals surface area contributed by atoms with Crippen LogP contribution in [0.15, 0.2) is 108 Å². The monoisotopic (exact) mass is 659 g/mol. The number of hydrogen-bond acceptors (Lipinski definition) is 5. The number of anilines is 1. The minimum Gasteiger partial charge on any atom is -0.457 e. The Morgan fingerprint density at radius 1 is 0.870 bits per heavy atom. The van der Waals surface area contributed by atoms with Crippen LogP contribution in [0.2, 0.25) is 5.02 Å². The average molecular weight is 660 g/mol. The number of ether oxygens (including phenoxy) is 1. The lowest BCUT2D eigenvalue weighted by molar-refractivity contribution is -0.139. The molecule has 46 heavy (non-hydrogen) atoms. The third kappa shape index (κ3) is 8.27. The number of benzene rings is 4. The van der Waals surface area contributed by atoms with Crippen molar-refractivity contribution < 1.29 is 22.7 Å². The Balaban J connectivity index is 1.46. The second-order valence-electron chi connectivity index (χ2n) is 11.5. The van der Waals surface area contributed by atoms with E-state index in [-0.39, 0.29) is 29.1 Å². The fourth-order valence-electron chi connectivity index (χ4n) is 5.43. The third-order valence-corrected chi connectivity index (χ3v) is 10.2. The van der Waals surface area contributed by atoms with Gasteiger partial charge in [0.1, 0.15) is 24.1 Å². The predicted octanol–water partition coefficient (Wildman–Crippen LogP) is 7.11. The van der Waals surface area contributed by atoms with Crippen molar-refractivity contribution >= 4 is 39.1 Å². The Morgan fingerprint density at radius 3 is 2.11 bits per heavy atom. The van der Waals surface area contributed by atoms with Crippen LogP contribution in [0.3, 0.4) is 0 Å². The van der Waals surface area contributed by atoms with Gasteiger partial charge in [0.25, 0.3) is 10.0 Å². The highest BCUT2D eigenvalue weighted by molar-refractivity contribution is 7.92. The number of para-hydroxylation sites is 1. The van der Waals surface area contributed by atoms with Crippen molar-refractivity contribution in [1.29, 1.82) is 0 Å². The van der Waals surface area contributed by atoms with E-state index in [0.29, 0.717) is 16.5 Å². The molecular weight excluding hydrogens is 622 g/mol. The maximum atomic E-state index is 14.2. The average Bonchev–Trinajstić information content (AvgIpc) is 3.57. The normalized spacial score (nSPS) is 14.0. The van der Waals surface area contributed by atoms with Crippen LogP contribution in [0.1, 0.15) is 43.7 Å². The van der Waals surface area contributed by atoms with Crippen LogP contribution in [0, 0.1) is 6.92 Å². The lowest BCUT2D eigenvalue weighted by Gasteiger charge is -2.32. The second-order valence-corrected chi connectivity index (χ2v) is 13.8. The summed E-state index contributed by atoms with van der Waals surface area (Å²) in [5.74, 6) is 0.349. The van der Waals surface area contributed by atoms with Crippen LogP contribution in [-0.4, -0.2) is 43.8 Å². The Labute approximate surface area is 276 Å². The van der Waals surface area contributed by atoms with Gasteiger partial charge in [-0.15, -0.1) is 0 Å². The molecule has 1 saturated carbocycles. The smallest absolute Gasteiger partial charge is 0.264 e. The first kappa shape index (κ1) is 33.0. The molecule has 2 amide bonds. The zero-order valence-electron chi connectivity index (χ0n) is 25.9. The molecule has 0 aliphatic heterocycles. The highest BCUT2D eigenvalue weighted by Gasteiger charge is 2.33. The summed E-state index contributed by atoms with van der Waals surface area (Å²) >= 11 is 6.10. The minimum atomic E-state index is -4.19. The van der Waals surface area contributed by atoms with E-state index in [1.165, 1.54) is 17.0 Å². The Morgan fingerprint density at radius 2 is 1.48 bits per heavy atom. The first-order valence-corrected chi connectivity index (χ1v) is 17.2. The number of halogens is 1. The number of sulfonamides is 1. The van der Waals surface area contributed by atoms with Crippen molar-refractivity contribution in [3.05, 3.63) is 119 Å². The first-order chi connectivity index (χ1) is 22.1. The molecule has 1 aliphatic rings. The lowest BCUT2D eigenvalue weighted by Crippen LogP contribution is -2.52. The topological polar surface area (TPSA) is 96.0 Å². The predicted molar refractivity (Wildman–Crippen MR) is 181 cm³/mol. The van der Waals surface area contributed by atoms with Crippen LogP contribution in [-0.2, 0) is 26.2 Å². The van der Waals surface area contributed by atoms with Gasteiger partial charge in [-0.2, -0.15) is 0 Å².